The summed E-state index contributed by atoms with van der Waals surface area (Å²) in [5, 5.41) is 7.23. The van der Waals surface area contributed by atoms with E-state index >= 15 is 0 Å². The first-order chi connectivity index (χ1) is 18.1. The van der Waals surface area contributed by atoms with Gasteiger partial charge in [0.2, 0.25) is 0 Å². The van der Waals surface area contributed by atoms with Gasteiger partial charge in [-0.2, -0.15) is 0 Å². The van der Waals surface area contributed by atoms with Gasteiger partial charge in [0.15, 0.2) is 11.5 Å². The number of carbonyl (C=O) groups is 2. The Balaban J connectivity index is 1.58. The number of methoxy groups -OCH3 is 1. The van der Waals surface area contributed by atoms with Crippen LogP contribution < -0.4 is 10.1 Å². The molecule has 1 fully saturated rings. The molecule has 8 heteroatoms. The van der Waals surface area contributed by atoms with Crippen molar-refractivity contribution in [3.8, 4) is 5.75 Å². The van der Waals surface area contributed by atoms with Crippen LogP contribution in [0.15, 0.2) is 42.5 Å². The maximum atomic E-state index is 12.5. The lowest BCUT2D eigenvalue weighted by Crippen LogP contribution is -2.28. The number of carbonyl (C=O) groups excluding carboxylic acids is 2. The van der Waals surface area contributed by atoms with Gasteiger partial charge in [0.25, 0.3) is 0 Å². The molecule has 8 nitrogen and oxygen atoms in total. The monoisotopic (exact) mass is 499 g/mol. The van der Waals surface area contributed by atoms with Crippen LogP contribution in [0, 0.1) is 0 Å². The van der Waals surface area contributed by atoms with Gasteiger partial charge in [0.1, 0.15) is 13.2 Å². The van der Waals surface area contributed by atoms with Gasteiger partial charge in [0.05, 0.1) is 23.2 Å². The Morgan fingerprint density at radius 3 is 2.22 bits per heavy atom. The molecule has 3 aromatic carbocycles. The van der Waals surface area contributed by atoms with Crippen LogP contribution in [-0.2, 0) is 9.47 Å². The van der Waals surface area contributed by atoms with Crippen molar-refractivity contribution in [1.82, 2.24) is 15.3 Å². The quantitative estimate of drug-likeness (QED) is 0.203. The lowest BCUT2D eigenvalue weighted by atomic mass is 10.0. The second-order valence-electron chi connectivity index (χ2n) is 9.50. The second-order valence-corrected chi connectivity index (χ2v) is 9.50. The van der Waals surface area contributed by atoms with E-state index in [4.69, 9.17) is 14.2 Å². The highest BCUT2D eigenvalue weighted by molar-refractivity contribution is 6.21. The number of rotatable bonds is 8. The molecule has 37 heavy (non-hydrogen) atoms. The third kappa shape index (κ3) is 4.12. The first kappa shape index (κ1) is 23.5. The van der Waals surface area contributed by atoms with Crippen LogP contribution in [-0.4, -0.2) is 61.2 Å². The average molecular weight is 500 g/mol. The minimum Gasteiger partial charge on any atom is -0.488 e. The lowest BCUT2D eigenvalue weighted by molar-refractivity contribution is 0.0526. The number of ketones is 1. The number of hydrogen-bond acceptors (Lipinski definition) is 6. The zero-order valence-corrected chi connectivity index (χ0v) is 20.9. The summed E-state index contributed by atoms with van der Waals surface area (Å²) in [6.45, 7) is 3.69. The number of esters is 1. The molecule has 1 aliphatic heterocycles. The van der Waals surface area contributed by atoms with Crippen LogP contribution in [0.3, 0.4) is 0 Å². The number of H-pyrrole nitrogens is 2. The summed E-state index contributed by atoms with van der Waals surface area (Å²) < 4.78 is 16.8. The number of Topliss-reactive ketones (excluding diaryl/α,β-unsaturated/α-hetero) is 1. The van der Waals surface area contributed by atoms with Crippen LogP contribution in [0.1, 0.15) is 40.5 Å². The van der Waals surface area contributed by atoms with E-state index in [1.54, 1.807) is 13.0 Å². The minimum atomic E-state index is -0.350. The van der Waals surface area contributed by atoms with Gasteiger partial charge in [-0.15, -0.1) is 0 Å². The molecule has 3 N–H and O–H groups in total. The van der Waals surface area contributed by atoms with Crippen LogP contribution >= 0.6 is 0 Å². The molecule has 1 unspecified atom stereocenters. The van der Waals surface area contributed by atoms with E-state index in [9.17, 15) is 9.59 Å². The molecular weight excluding hydrogens is 470 g/mol. The molecule has 190 valence electrons. The standard InChI is InChI=1S/C29H29N3O5/c1-3-36-29(34)17-7-9-24-20(12-17)22-13-21-19-11-16(25(33)15-35-2)6-8-23(19)31-26(21)28(27(22)32-24)37-14-18-5-4-10-30-18/h6-9,11-13,18,30-32H,3-5,10,14-15H2,1-2H3. The van der Waals surface area contributed by atoms with E-state index in [0.717, 1.165) is 68.7 Å². The Kier molecular flexibility index (Phi) is 6.06. The van der Waals surface area contributed by atoms with Crippen LogP contribution in [0.4, 0.5) is 0 Å². The zero-order chi connectivity index (χ0) is 25.5. The number of ether oxygens (including phenoxy) is 3. The van der Waals surface area contributed by atoms with Gasteiger partial charge in [-0.3, -0.25) is 4.79 Å². The number of nitrogens with one attached hydrogen (secondary N) is 3. The van der Waals surface area contributed by atoms with Crippen molar-refractivity contribution in [3.05, 3.63) is 53.6 Å². The van der Waals surface area contributed by atoms with Crippen molar-refractivity contribution in [2.24, 2.45) is 0 Å². The molecule has 0 aliphatic carbocycles. The highest BCUT2D eigenvalue weighted by atomic mass is 16.5. The molecule has 0 saturated carbocycles. The summed E-state index contributed by atoms with van der Waals surface area (Å²) in [6.07, 6.45) is 2.22. The second kappa shape index (κ2) is 9.53. The van der Waals surface area contributed by atoms with Crippen LogP contribution in [0.2, 0.25) is 0 Å². The maximum absolute atomic E-state index is 12.5. The van der Waals surface area contributed by atoms with Crippen molar-refractivity contribution in [1.29, 1.82) is 0 Å². The Morgan fingerprint density at radius 2 is 1.59 bits per heavy atom. The topological polar surface area (TPSA) is 105 Å². The van der Waals surface area contributed by atoms with Gasteiger partial charge < -0.3 is 29.5 Å². The Hall–Kier alpha value is -3.88. The van der Waals surface area contributed by atoms with Gasteiger partial charge in [-0.05, 0) is 68.8 Å². The highest BCUT2D eigenvalue weighted by Gasteiger charge is 2.21. The van der Waals surface area contributed by atoms with Gasteiger partial charge in [-0.1, -0.05) is 0 Å². The fraction of sp³-hybridized carbons (Fsp3) is 0.310. The van der Waals surface area contributed by atoms with Crippen molar-refractivity contribution >= 4 is 55.4 Å². The zero-order valence-electron chi connectivity index (χ0n) is 20.9. The number of aromatic nitrogens is 2. The number of hydrogen-bond donors (Lipinski definition) is 3. The van der Waals surface area contributed by atoms with Crippen LogP contribution in [0.5, 0.6) is 5.75 Å². The van der Waals surface area contributed by atoms with Crippen molar-refractivity contribution in [2.75, 3.05) is 33.5 Å². The smallest absolute Gasteiger partial charge is 0.338 e. The molecule has 1 atom stereocenters. The Labute approximate surface area is 213 Å². The first-order valence-corrected chi connectivity index (χ1v) is 12.7. The lowest BCUT2D eigenvalue weighted by Gasteiger charge is -2.14. The van der Waals surface area contributed by atoms with E-state index in [1.807, 2.05) is 30.3 Å². The van der Waals surface area contributed by atoms with Crippen molar-refractivity contribution in [2.45, 2.75) is 25.8 Å². The fourth-order valence-electron chi connectivity index (χ4n) is 5.31. The summed E-state index contributed by atoms with van der Waals surface area (Å²) >= 11 is 0. The van der Waals surface area contributed by atoms with E-state index in [-0.39, 0.29) is 18.4 Å². The molecule has 5 aromatic rings. The normalized spacial score (nSPS) is 15.8. The van der Waals surface area contributed by atoms with E-state index in [0.29, 0.717) is 30.4 Å². The SMILES string of the molecule is CCOC(=O)c1ccc2[nH]c3c(OCC4CCCN4)c4[nH]c5ccc(C(=O)COC)cc5c4cc3c2c1. The van der Waals surface area contributed by atoms with Gasteiger partial charge >= 0.3 is 5.97 Å². The van der Waals surface area contributed by atoms with E-state index in [2.05, 4.69) is 21.4 Å². The van der Waals surface area contributed by atoms with E-state index < -0.39 is 0 Å². The fourth-order valence-corrected chi connectivity index (χ4v) is 5.31. The van der Waals surface area contributed by atoms with Gasteiger partial charge in [-0.25, -0.2) is 4.79 Å². The summed E-state index contributed by atoms with van der Waals surface area (Å²) in [6, 6.07) is 13.6. The first-order valence-electron chi connectivity index (χ1n) is 12.7. The maximum Gasteiger partial charge on any atom is 0.338 e. The van der Waals surface area contributed by atoms with Gasteiger partial charge in [0, 0.05) is 51.3 Å². The summed E-state index contributed by atoms with van der Waals surface area (Å²) in [4.78, 5) is 32.0. The molecule has 0 spiro atoms. The Bertz CT molecular complexity index is 1550. The summed E-state index contributed by atoms with van der Waals surface area (Å²) in [5.74, 6) is 0.308. The van der Waals surface area contributed by atoms with Crippen LogP contribution in [0.25, 0.3) is 43.6 Å². The molecule has 3 heterocycles. The number of fused-ring (bicyclic) bond motifs is 6. The summed E-state index contributed by atoms with van der Waals surface area (Å²) in [5.41, 5.74) is 4.64. The molecule has 0 bridgehead atoms. The third-order valence-electron chi connectivity index (χ3n) is 7.12. The molecule has 1 aliphatic rings. The number of aromatic amines is 2. The third-order valence-corrected chi connectivity index (χ3v) is 7.12. The summed E-state index contributed by atoms with van der Waals surface area (Å²) in [7, 11) is 1.52. The number of benzene rings is 3. The minimum absolute atomic E-state index is 0.0277. The highest BCUT2D eigenvalue weighted by Crippen LogP contribution is 2.41. The Morgan fingerprint density at radius 1 is 0.919 bits per heavy atom. The molecule has 0 amide bonds. The molecule has 6 rings (SSSR count). The molecule has 2 aromatic heterocycles. The molecule has 1 saturated heterocycles. The van der Waals surface area contributed by atoms with E-state index in [1.165, 1.54) is 7.11 Å². The molecular formula is C29H29N3O5. The predicted molar refractivity (Wildman–Crippen MR) is 144 cm³/mol. The van der Waals surface area contributed by atoms with Crippen molar-refractivity contribution in [3.63, 3.8) is 0 Å². The predicted octanol–water partition coefficient (Wildman–Crippen LogP) is 5.09. The largest absolute Gasteiger partial charge is 0.488 e. The molecule has 0 radical (unpaired) electrons. The van der Waals surface area contributed by atoms with Crippen molar-refractivity contribution < 1.29 is 23.8 Å². The average Bonchev–Trinajstić information content (AvgIpc) is 3.64.